The minimum atomic E-state index is -0.260. The molecular formula is C23H28N2O4S. The first-order chi connectivity index (χ1) is 14.7. The molecule has 160 valence electrons. The molecule has 0 fully saturated rings. The standard InChI is InChI=1S/C23H28N2O4S/c1-5-28-20(29-6-2)15-30-23-24-21(16-7-11-18(26-3)12-8-16)22(25-23)17-9-13-19(27-4)14-10-17/h7-14,20H,5-6,15H2,1-4H3,(H,24,25). The summed E-state index contributed by atoms with van der Waals surface area (Å²) in [6.45, 7) is 5.15. The molecule has 1 heterocycles. The molecular weight excluding hydrogens is 400 g/mol. The van der Waals surface area contributed by atoms with Gasteiger partial charge in [-0.3, -0.25) is 0 Å². The van der Waals surface area contributed by atoms with Gasteiger partial charge in [-0.15, -0.1) is 0 Å². The van der Waals surface area contributed by atoms with Gasteiger partial charge in [0.25, 0.3) is 0 Å². The number of methoxy groups -OCH3 is 2. The van der Waals surface area contributed by atoms with Crippen molar-refractivity contribution in [3.8, 4) is 34.0 Å². The van der Waals surface area contributed by atoms with Crippen molar-refractivity contribution in [2.75, 3.05) is 33.2 Å². The summed E-state index contributed by atoms with van der Waals surface area (Å²) in [5, 5.41) is 0.816. The van der Waals surface area contributed by atoms with Gasteiger partial charge < -0.3 is 23.9 Å². The van der Waals surface area contributed by atoms with Gasteiger partial charge in [0, 0.05) is 24.3 Å². The summed E-state index contributed by atoms with van der Waals surface area (Å²) >= 11 is 1.58. The van der Waals surface area contributed by atoms with Crippen molar-refractivity contribution in [1.82, 2.24) is 9.97 Å². The fourth-order valence-electron chi connectivity index (χ4n) is 3.01. The molecule has 0 radical (unpaired) electrons. The van der Waals surface area contributed by atoms with Crippen LogP contribution in [0, 0.1) is 0 Å². The molecule has 1 aromatic heterocycles. The molecule has 2 aromatic carbocycles. The van der Waals surface area contributed by atoms with Crippen LogP contribution in [0.4, 0.5) is 0 Å². The van der Waals surface area contributed by atoms with E-state index in [1.54, 1.807) is 26.0 Å². The van der Waals surface area contributed by atoms with E-state index in [9.17, 15) is 0 Å². The smallest absolute Gasteiger partial charge is 0.166 e. The quantitative estimate of drug-likeness (QED) is 0.332. The predicted molar refractivity (Wildman–Crippen MR) is 120 cm³/mol. The Morgan fingerprint density at radius 1 is 0.833 bits per heavy atom. The zero-order valence-corrected chi connectivity index (χ0v) is 18.6. The maximum atomic E-state index is 5.65. The highest BCUT2D eigenvalue weighted by Gasteiger charge is 2.17. The highest BCUT2D eigenvalue weighted by molar-refractivity contribution is 7.99. The van der Waals surface area contributed by atoms with E-state index in [1.807, 2.05) is 62.4 Å². The van der Waals surface area contributed by atoms with Crippen LogP contribution >= 0.6 is 11.8 Å². The number of aromatic nitrogens is 2. The number of hydrogen-bond donors (Lipinski definition) is 1. The molecule has 30 heavy (non-hydrogen) atoms. The number of nitrogens with zero attached hydrogens (tertiary/aromatic N) is 1. The lowest BCUT2D eigenvalue weighted by atomic mass is 10.0. The van der Waals surface area contributed by atoms with E-state index in [4.69, 9.17) is 23.9 Å². The van der Waals surface area contributed by atoms with Gasteiger partial charge in [0.15, 0.2) is 11.4 Å². The molecule has 0 saturated heterocycles. The molecule has 1 N–H and O–H groups in total. The fourth-order valence-corrected chi connectivity index (χ4v) is 3.82. The van der Waals surface area contributed by atoms with E-state index < -0.39 is 0 Å². The predicted octanol–water partition coefficient (Wildman–Crippen LogP) is 5.25. The Labute approximate surface area is 181 Å². The van der Waals surface area contributed by atoms with Gasteiger partial charge in [-0.25, -0.2) is 4.98 Å². The SMILES string of the molecule is CCOC(CSc1nc(-c2ccc(OC)cc2)c(-c2ccc(OC)cc2)[nH]1)OCC. The highest BCUT2D eigenvalue weighted by atomic mass is 32.2. The average Bonchev–Trinajstić information content (AvgIpc) is 3.22. The number of rotatable bonds is 11. The lowest BCUT2D eigenvalue weighted by Crippen LogP contribution is -2.20. The molecule has 0 bridgehead atoms. The molecule has 0 saturated carbocycles. The molecule has 3 rings (SSSR count). The molecule has 0 aliphatic heterocycles. The van der Waals surface area contributed by atoms with Crippen molar-refractivity contribution in [1.29, 1.82) is 0 Å². The summed E-state index contributed by atoms with van der Waals surface area (Å²) < 4.78 is 21.9. The number of benzene rings is 2. The lowest BCUT2D eigenvalue weighted by molar-refractivity contribution is -0.120. The number of thioether (sulfide) groups is 1. The summed E-state index contributed by atoms with van der Waals surface area (Å²) in [6.07, 6.45) is -0.260. The Hall–Kier alpha value is -2.48. The van der Waals surface area contributed by atoms with E-state index in [-0.39, 0.29) is 6.29 Å². The summed E-state index contributed by atoms with van der Waals surface area (Å²) in [6, 6.07) is 15.8. The van der Waals surface area contributed by atoms with Crippen molar-refractivity contribution in [3.05, 3.63) is 48.5 Å². The van der Waals surface area contributed by atoms with Crippen LogP contribution in [-0.2, 0) is 9.47 Å². The Morgan fingerprint density at radius 2 is 1.37 bits per heavy atom. The second-order valence-electron chi connectivity index (χ2n) is 6.37. The topological polar surface area (TPSA) is 65.6 Å². The molecule has 7 heteroatoms. The Bertz CT molecular complexity index is 839. The maximum absolute atomic E-state index is 5.65. The van der Waals surface area contributed by atoms with Crippen LogP contribution in [0.2, 0.25) is 0 Å². The van der Waals surface area contributed by atoms with E-state index >= 15 is 0 Å². The first-order valence-electron chi connectivity index (χ1n) is 9.93. The molecule has 0 atom stereocenters. The fraction of sp³-hybridized carbons (Fsp3) is 0.348. The average molecular weight is 429 g/mol. The van der Waals surface area contributed by atoms with Gasteiger partial charge in [0.2, 0.25) is 0 Å². The summed E-state index contributed by atoms with van der Waals surface area (Å²) in [5.74, 6) is 2.28. The third kappa shape index (κ3) is 5.56. The van der Waals surface area contributed by atoms with Gasteiger partial charge >= 0.3 is 0 Å². The van der Waals surface area contributed by atoms with E-state index in [0.717, 1.165) is 39.2 Å². The number of H-pyrrole nitrogens is 1. The van der Waals surface area contributed by atoms with Crippen LogP contribution in [0.3, 0.4) is 0 Å². The van der Waals surface area contributed by atoms with Gasteiger partial charge in [-0.05, 0) is 62.4 Å². The zero-order chi connectivity index (χ0) is 21.3. The van der Waals surface area contributed by atoms with E-state index in [2.05, 4.69) is 4.98 Å². The van der Waals surface area contributed by atoms with Crippen LogP contribution < -0.4 is 9.47 Å². The summed E-state index contributed by atoms with van der Waals surface area (Å²) in [5.41, 5.74) is 3.88. The van der Waals surface area contributed by atoms with E-state index in [1.165, 1.54) is 0 Å². The molecule has 0 amide bonds. The molecule has 0 unspecified atom stereocenters. The molecule has 3 aromatic rings. The Kier molecular flexibility index (Phi) is 8.19. The highest BCUT2D eigenvalue weighted by Crippen LogP contribution is 2.34. The monoisotopic (exact) mass is 428 g/mol. The number of aromatic amines is 1. The van der Waals surface area contributed by atoms with Crippen LogP contribution in [0.15, 0.2) is 53.7 Å². The van der Waals surface area contributed by atoms with Crippen molar-refractivity contribution in [2.45, 2.75) is 25.3 Å². The third-order valence-electron chi connectivity index (χ3n) is 4.49. The van der Waals surface area contributed by atoms with Gasteiger partial charge in [-0.2, -0.15) is 0 Å². The minimum absolute atomic E-state index is 0.260. The number of imidazole rings is 1. The van der Waals surface area contributed by atoms with Crippen molar-refractivity contribution in [3.63, 3.8) is 0 Å². The van der Waals surface area contributed by atoms with Crippen molar-refractivity contribution in [2.24, 2.45) is 0 Å². The summed E-state index contributed by atoms with van der Waals surface area (Å²) in [4.78, 5) is 8.34. The largest absolute Gasteiger partial charge is 0.497 e. The minimum Gasteiger partial charge on any atom is -0.497 e. The Morgan fingerprint density at radius 3 is 1.87 bits per heavy atom. The molecule has 0 aliphatic rings. The first-order valence-corrected chi connectivity index (χ1v) is 10.9. The molecule has 0 aliphatic carbocycles. The van der Waals surface area contributed by atoms with Gasteiger partial charge in [0.05, 0.1) is 31.4 Å². The van der Waals surface area contributed by atoms with Crippen molar-refractivity contribution >= 4 is 11.8 Å². The number of ether oxygens (including phenoxy) is 4. The molecule has 6 nitrogen and oxygen atoms in total. The first kappa shape index (κ1) is 22.2. The van der Waals surface area contributed by atoms with E-state index in [0.29, 0.717) is 19.0 Å². The van der Waals surface area contributed by atoms with Crippen LogP contribution in [-0.4, -0.2) is 49.4 Å². The second-order valence-corrected chi connectivity index (χ2v) is 7.38. The molecule has 0 spiro atoms. The van der Waals surface area contributed by atoms with Crippen LogP contribution in [0.5, 0.6) is 11.5 Å². The van der Waals surface area contributed by atoms with Gasteiger partial charge in [-0.1, -0.05) is 11.8 Å². The third-order valence-corrected chi connectivity index (χ3v) is 5.39. The van der Waals surface area contributed by atoms with Crippen LogP contribution in [0.25, 0.3) is 22.5 Å². The Balaban J connectivity index is 1.91. The van der Waals surface area contributed by atoms with Crippen LogP contribution in [0.1, 0.15) is 13.8 Å². The lowest BCUT2D eigenvalue weighted by Gasteiger charge is -2.15. The zero-order valence-electron chi connectivity index (χ0n) is 17.8. The summed E-state index contributed by atoms with van der Waals surface area (Å²) in [7, 11) is 3.32. The normalized spacial score (nSPS) is 11.1. The van der Waals surface area contributed by atoms with Gasteiger partial charge in [0.1, 0.15) is 11.5 Å². The van der Waals surface area contributed by atoms with Crippen molar-refractivity contribution < 1.29 is 18.9 Å². The maximum Gasteiger partial charge on any atom is 0.166 e. The second kappa shape index (κ2) is 11.1. The number of hydrogen-bond acceptors (Lipinski definition) is 6. The number of nitrogens with one attached hydrogen (secondary N) is 1.